The molecule has 1 aliphatic rings. The Balaban J connectivity index is 2.42. The van der Waals surface area contributed by atoms with Gasteiger partial charge in [-0.25, -0.2) is 4.39 Å². The Labute approximate surface area is 67.9 Å². The molecule has 0 radical (unpaired) electrons. The van der Waals surface area contributed by atoms with E-state index in [9.17, 15) is 9.18 Å². The molecular formula is C7H13FNOP. The van der Waals surface area contributed by atoms with Crippen LogP contribution in [-0.4, -0.2) is 11.3 Å². The standard InChI is InChI=1S/C7H13FNOP/c8-7(11)3-1-5(2-4-7)6(9)10/h5H,1-4,11H2,(H2,9,10). The topological polar surface area (TPSA) is 43.1 Å². The highest BCUT2D eigenvalue weighted by Gasteiger charge is 2.32. The molecule has 1 rings (SSSR count). The zero-order valence-corrected chi connectivity index (χ0v) is 7.50. The van der Waals surface area contributed by atoms with Gasteiger partial charge in [0.2, 0.25) is 5.91 Å². The fourth-order valence-corrected chi connectivity index (χ4v) is 1.72. The quantitative estimate of drug-likeness (QED) is 0.601. The number of rotatable bonds is 1. The molecule has 1 unspecified atom stereocenters. The summed E-state index contributed by atoms with van der Waals surface area (Å²) in [5, 5.41) is -1.15. The number of carbonyl (C=O) groups excluding carboxylic acids is 1. The van der Waals surface area contributed by atoms with Crippen molar-refractivity contribution in [2.24, 2.45) is 11.7 Å². The zero-order chi connectivity index (χ0) is 8.48. The van der Waals surface area contributed by atoms with Crippen molar-refractivity contribution in [3.63, 3.8) is 0 Å². The molecule has 1 atom stereocenters. The van der Waals surface area contributed by atoms with E-state index in [2.05, 4.69) is 9.24 Å². The summed E-state index contributed by atoms with van der Waals surface area (Å²) in [5.74, 6) is -0.384. The largest absolute Gasteiger partial charge is 0.369 e. The van der Waals surface area contributed by atoms with E-state index in [1.165, 1.54) is 0 Å². The van der Waals surface area contributed by atoms with E-state index in [0.717, 1.165) is 0 Å². The summed E-state index contributed by atoms with van der Waals surface area (Å²) in [7, 11) is 2.19. The molecule has 2 N–H and O–H groups in total. The minimum Gasteiger partial charge on any atom is -0.369 e. The summed E-state index contributed by atoms with van der Waals surface area (Å²) >= 11 is 0. The molecule has 2 nitrogen and oxygen atoms in total. The van der Waals surface area contributed by atoms with Gasteiger partial charge in [0, 0.05) is 5.92 Å². The molecule has 1 amide bonds. The lowest BCUT2D eigenvalue weighted by Gasteiger charge is -2.28. The van der Waals surface area contributed by atoms with Gasteiger partial charge in [-0.15, -0.1) is 0 Å². The summed E-state index contributed by atoms with van der Waals surface area (Å²) < 4.78 is 13.1. The van der Waals surface area contributed by atoms with Gasteiger partial charge in [0.1, 0.15) is 5.41 Å². The first-order chi connectivity index (χ1) is 5.01. The Bertz CT molecular complexity index is 162. The summed E-state index contributed by atoms with van der Waals surface area (Å²) in [6, 6.07) is 0. The van der Waals surface area contributed by atoms with Crippen LogP contribution in [0.3, 0.4) is 0 Å². The highest BCUT2D eigenvalue weighted by atomic mass is 31.0. The normalized spacial score (nSPS) is 38.5. The number of carbonyl (C=O) groups is 1. The van der Waals surface area contributed by atoms with Crippen molar-refractivity contribution in [2.75, 3.05) is 0 Å². The molecule has 11 heavy (non-hydrogen) atoms. The van der Waals surface area contributed by atoms with Crippen LogP contribution < -0.4 is 5.73 Å². The second-order valence-electron chi connectivity index (χ2n) is 3.21. The summed E-state index contributed by atoms with van der Waals surface area (Å²) in [4.78, 5) is 10.7. The lowest BCUT2D eigenvalue weighted by molar-refractivity contribution is -0.123. The first-order valence-corrected chi connectivity index (χ1v) is 4.36. The number of amides is 1. The van der Waals surface area contributed by atoms with Crippen molar-refractivity contribution in [1.82, 2.24) is 0 Å². The predicted octanol–water partition coefficient (Wildman–Crippen LogP) is 1.20. The minimum atomic E-state index is -1.15. The maximum Gasteiger partial charge on any atom is 0.220 e. The van der Waals surface area contributed by atoms with E-state index >= 15 is 0 Å². The molecule has 0 aromatic rings. The van der Waals surface area contributed by atoms with E-state index in [-0.39, 0.29) is 11.8 Å². The van der Waals surface area contributed by atoms with Gasteiger partial charge in [-0.05, 0) is 25.7 Å². The van der Waals surface area contributed by atoms with E-state index in [1.807, 2.05) is 0 Å². The summed E-state index contributed by atoms with van der Waals surface area (Å²) in [6.07, 6.45) is 2.06. The Hall–Kier alpha value is -0.170. The molecule has 4 heteroatoms. The average molecular weight is 177 g/mol. The fraction of sp³-hybridized carbons (Fsp3) is 0.857. The molecular weight excluding hydrogens is 164 g/mol. The molecule has 0 aromatic heterocycles. The Morgan fingerprint density at radius 2 is 2.00 bits per heavy atom. The van der Waals surface area contributed by atoms with Gasteiger partial charge in [0.15, 0.2) is 0 Å². The Morgan fingerprint density at radius 1 is 1.55 bits per heavy atom. The second kappa shape index (κ2) is 3.06. The third-order valence-corrected chi connectivity index (χ3v) is 2.80. The van der Waals surface area contributed by atoms with Crippen LogP contribution in [0.4, 0.5) is 4.39 Å². The molecule has 1 saturated carbocycles. The van der Waals surface area contributed by atoms with Crippen molar-refractivity contribution in [3.05, 3.63) is 0 Å². The van der Waals surface area contributed by atoms with Gasteiger partial charge >= 0.3 is 0 Å². The smallest absolute Gasteiger partial charge is 0.220 e. The third kappa shape index (κ3) is 2.41. The number of hydrogen-bond acceptors (Lipinski definition) is 1. The maximum atomic E-state index is 13.1. The molecule has 0 heterocycles. The first kappa shape index (κ1) is 8.92. The van der Waals surface area contributed by atoms with Crippen LogP contribution in [-0.2, 0) is 4.79 Å². The van der Waals surface area contributed by atoms with Crippen LogP contribution in [0.15, 0.2) is 0 Å². The van der Waals surface area contributed by atoms with Gasteiger partial charge in [0.05, 0.1) is 0 Å². The lowest BCUT2D eigenvalue weighted by Crippen LogP contribution is -2.31. The van der Waals surface area contributed by atoms with Crippen molar-refractivity contribution in [3.8, 4) is 0 Å². The Kier molecular flexibility index (Phi) is 2.48. The highest BCUT2D eigenvalue weighted by molar-refractivity contribution is 7.18. The number of nitrogens with two attached hydrogens (primary N) is 1. The van der Waals surface area contributed by atoms with Gasteiger partial charge in [-0.1, -0.05) is 9.24 Å². The number of halogens is 1. The van der Waals surface area contributed by atoms with Crippen LogP contribution in [0.1, 0.15) is 25.7 Å². The number of primary amides is 1. The summed E-state index contributed by atoms with van der Waals surface area (Å²) in [5.41, 5.74) is 5.09. The molecule has 0 spiro atoms. The van der Waals surface area contributed by atoms with Crippen molar-refractivity contribution < 1.29 is 9.18 Å². The van der Waals surface area contributed by atoms with Crippen LogP contribution in [0.5, 0.6) is 0 Å². The molecule has 0 aromatic carbocycles. The van der Waals surface area contributed by atoms with Crippen molar-refractivity contribution in [1.29, 1.82) is 0 Å². The van der Waals surface area contributed by atoms with Crippen LogP contribution in [0, 0.1) is 5.92 Å². The monoisotopic (exact) mass is 177 g/mol. The predicted molar refractivity (Wildman–Crippen MR) is 44.7 cm³/mol. The molecule has 0 saturated heterocycles. The third-order valence-electron chi connectivity index (χ3n) is 2.22. The maximum absolute atomic E-state index is 13.1. The van der Waals surface area contributed by atoms with Crippen LogP contribution in [0.2, 0.25) is 0 Å². The highest BCUT2D eigenvalue weighted by Crippen LogP contribution is 2.39. The molecule has 0 bridgehead atoms. The van der Waals surface area contributed by atoms with Crippen LogP contribution >= 0.6 is 9.24 Å². The molecule has 1 aliphatic carbocycles. The molecule has 64 valence electrons. The minimum absolute atomic E-state index is 0.0978. The summed E-state index contributed by atoms with van der Waals surface area (Å²) in [6.45, 7) is 0. The van der Waals surface area contributed by atoms with Crippen LogP contribution in [0.25, 0.3) is 0 Å². The molecule has 0 aliphatic heterocycles. The zero-order valence-electron chi connectivity index (χ0n) is 6.35. The van der Waals surface area contributed by atoms with Gasteiger partial charge in [-0.2, -0.15) is 0 Å². The number of alkyl halides is 1. The molecule has 1 fully saturated rings. The van der Waals surface area contributed by atoms with Crippen molar-refractivity contribution in [2.45, 2.75) is 31.1 Å². The van der Waals surface area contributed by atoms with Gasteiger partial charge < -0.3 is 5.73 Å². The first-order valence-electron chi connectivity index (χ1n) is 3.78. The lowest BCUT2D eigenvalue weighted by atomic mass is 9.87. The number of hydrogen-bond donors (Lipinski definition) is 1. The SMILES string of the molecule is NC(=O)C1CCC(F)(P)CC1. The van der Waals surface area contributed by atoms with E-state index in [4.69, 9.17) is 5.73 Å². The fourth-order valence-electron chi connectivity index (χ4n) is 1.38. The van der Waals surface area contributed by atoms with Gasteiger partial charge in [-0.3, -0.25) is 4.79 Å². The van der Waals surface area contributed by atoms with Gasteiger partial charge in [0.25, 0.3) is 0 Å². The Morgan fingerprint density at radius 3 is 2.36 bits per heavy atom. The average Bonchev–Trinajstić information content (AvgIpc) is 1.86. The van der Waals surface area contributed by atoms with E-state index < -0.39 is 5.41 Å². The van der Waals surface area contributed by atoms with E-state index in [0.29, 0.717) is 25.7 Å². The second-order valence-corrected chi connectivity index (χ2v) is 4.25. The van der Waals surface area contributed by atoms with E-state index in [1.54, 1.807) is 0 Å². The van der Waals surface area contributed by atoms with Crippen molar-refractivity contribution >= 4 is 15.1 Å².